The summed E-state index contributed by atoms with van der Waals surface area (Å²) in [4.78, 5) is 28.1. The number of carbonyl (C=O) groups excluding carboxylic acids is 2. The number of fused-ring (bicyclic) bond motifs is 1. The van der Waals surface area contributed by atoms with Crippen molar-refractivity contribution in [3.63, 3.8) is 0 Å². The molecule has 212 valence electrons. The second kappa shape index (κ2) is 11.4. The lowest BCUT2D eigenvalue weighted by Crippen LogP contribution is -2.37. The van der Waals surface area contributed by atoms with E-state index in [1.165, 1.54) is 6.42 Å². The number of esters is 1. The Kier molecular flexibility index (Phi) is 7.57. The van der Waals surface area contributed by atoms with Gasteiger partial charge in [-0.15, -0.1) is 0 Å². The van der Waals surface area contributed by atoms with Gasteiger partial charge in [-0.05, 0) is 79.0 Å². The molecule has 0 spiro atoms. The first kappa shape index (κ1) is 27.1. The summed E-state index contributed by atoms with van der Waals surface area (Å²) in [6, 6.07) is 20.2. The molecule has 1 saturated carbocycles. The van der Waals surface area contributed by atoms with E-state index in [0.29, 0.717) is 35.5 Å². The van der Waals surface area contributed by atoms with Gasteiger partial charge in [0.1, 0.15) is 6.10 Å². The van der Waals surface area contributed by atoms with Gasteiger partial charge in [0.05, 0.1) is 19.8 Å². The van der Waals surface area contributed by atoms with Crippen molar-refractivity contribution in [3.8, 4) is 11.5 Å². The van der Waals surface area contributed by atoms with Crippen LogP contribution in [-0.2, 0) is 14.3 Å². The predicted molar refractivity (Wildman–Crippen MR) is 159 cm³/mol. The molecule has 1 aliphatic heterocycles. The van der Waals surface area contributed by atoms with E-state index in [1.54, 1.807) is 14.2 Å². The van der Waals surface area contributed by atoms with Crippen LogP contribution in [0.25, 0.3) is 10.8 Å². The average Bonchev–Trinajstić information content (AvgIpc) is 3.00. The van der Waals surface area contributed by atoms with Gasteiger partial charge < -0.3 is 19.5 Å². The van der Waals surface area contributed by atoms with E-state index in [2.05, 4.69) is 29.6 Å². The van der Waals surface area contributed by atoms with Crippen molar-refractivity contribution in [2.75, 3.05) is 14.2 Å². The highest BCUT2D eigenvalue weighted by Crippen LogP contribution is 2.48. The second-order valence-corrected chi connectivity index (χ2v) is 11.4. The zero-order chi connectivity index (χ0) is 28.5. The van der Waals surface area contributed by atoms with Crippen LogP contribution >= 0.6 is 0 Å². The summed E-state index contributed by atoms with van der Waals surface area (Å²) >= 11 is 0. The van der Waals surface area contributed by atoms with Crippen LogP contribution in [0.15, 0.2) is 83.2 Å². The molecular weight excluding hydrogens is 514 g/mol. The van der Waals surface area contributed by atoms with Gasteiger partial charge in [0.15, 0.2) is 17.3 Å². The second-order valence-electron chi connectivity index (χ2n) is 11.4. The summed E-state index contributed by atoms with van der Waals surface area (Å²) in [5.41, 5.74) is 4.84. The number of ketones is 1. The predicted octanol–water partition coefficient (Wildman–Crippen LogP) is 7.09. The number of hydrogen-bond donors (Lipinski definition) is 1. The Labute approximate surface area is 241 Å². The number of carbonyl (C=O) groups is 2. The Morgan fingerprint density at radius 1 is 0.878 bits per heavy atom. The number of dihydropyridines is 1. The monoisotopic (exact) mass is 551 g/mol. The van der Waals surface area contributed by atoms with Crippen molar-refractivity contribution in [2.45, 2.75) is 69.8 Å². The van der Waals surface area contributed by atoms with Crippen LogP contribution in [0.4, 0.5) is 0 Å². The number of Topliss-reactive ketones (excluding diaryl/α,β-unsaturated/α-hetero) is 1. The Bertz CT molecular complexity index is 1560. The fraction of sp³-hybridized carbons (Fsp3) is 0.371. The molecule has 0 bridgehead atoms. The van der Waals surface area contributed by atoms with Gasteiger partial charge in [-0.25, -0.2) is 4.79 Å². The minimum Gasteiger partial charge on any atom is -0.493 e. The number of benzene rings is 3. The number of allylic oxidation sites excluding steroid dienone is 3. The van der Waals surface area contributed by atoms with Crippen LogP contribution in [0, 0.1) is 0 Å². The van der Waals surface area contributed by atoms with Crippen LogP contribution < -0.4 is 14.8 Å². The summed E-state index contributed by atoms with van der Waals surface area (Å²) in [6.07, 6.45) is 6.05. The molecule has 6 heteroatoms. The molecule has 1 heterocycles. The normalized spacial score (nSPS) is 21.4. The summed E-state index contributed by atoms with van der Waals surface area (Å²) in [7, 11) is 3.23. The molecule has 2 atom stereocenters. The molecule has 2 aliphatic carbocycles. The first-order valence-electron chi connectivity index (χ1n) is 14.6. The van der Waals surface area contributed by atoms with Gasteiger partial charge >= 0.3 is 5.97 Å². The van der Waals surface area contributed by atoms with E-state index in [0.717, 1.165) is 59.0 Å². The fourth-order valence-electron chi connectivity index (χ4n) is 6.86. The van der Waals surface area contributed by atoms with Gasteiger partial charge in [-0.1, -0.05) is 55.0 Å². The maximum atomic E-state index is 14.1. The maximum Gasteiger partial charge on any atom is 0.337 e. The number of rotatable bonds is 6. The topological polar surface area (TPSA) is 73.9 Å². The quantitative estimate of drug-likeness (QED) is 0.330. The van der Waals surface area contributed by atoms with Crippen molar-refractivity contribution in [1.82, 2.24) is 5.32 Å². The van der Waals surface area contributed by atoms with Gasteiger partial charge in [0, 0.05) is 29.3 Å². The first-order chi connectivity index (χ1) is 20.0. The van der Waals surface area contributed by atoms with Crippen LogP contribution in [0.3, 0.4) is 0 Å². The third kappa shape index (κ3) is 5.12. The molecule has 2 unspecified atom stereocenters. The SMILES string of the molecule is COc1ccc(C2CC(=O)C3=C(C2)NC(C)=C(C(=O)OC2CCCCC2)C3c2cccc3ccccc23)cc1OC. The number of hydrogen-bond acceptors (Lipinski definition) is 6. The molecule has 6 rings (SSSR count). The standard InChI is InChI=1S/C35H37NO5/c1-21-32(35(38)41-25-12-5-4-6-13-25)33(27-15-9-11-22-10-7-8-14-26(22)27)34-28(36-21)18-24(19-29(34)37)23-16-17-30(39-2)31(20-23)40-3/h7-11,14-17,20,24-25,33,36H,4-6,12-13,18-19H2,1-3H3. The molecule has 0 saturated heterocycles. The van der Waals surface area contributed by atoms with Crippen LogP contribution in [0.5, 0.6) is 11.5 Å². The number of methoxy groups -OCH3 is 2. The molecule has 3 aromatic carbocycles. The lowest BCUT2D eigenvalue weighted by atomic mass is 9.71. The highest BCUT2D eigenvalue weighted by molar-refractivity contribution is 6.05. The zero-order valence-corrected chi connectivity index (χ0v) is 24.0. The molecule has 0 aromatic heterocycles. The van der Waals surface area contributed by atoms with Gasteiger partial charge in [0.2, 0.25) is 0 Å². The summed E-state index contributed by atoms with van der Waals surface area (Å²) in [5, 5.41) is 5.62. The molecule has 1 fully saturated rings. The molecule has 3 aliphatic rings. The largest absolute Gasteiger partial charge is 0.493 e. The van der Waals surface area contributed by atoms with E-state index >= 15 is 0 Å². The Morgan fingerprint density at radius 3 is 2.41 bits per heavy atom. The summed E-state index contributed by atoms with van der Waals surface area (Å²) < 4.78 is 17.1. The highest BCUT2D eigenvalue weighted by atomic mass is 16.5. The molecular formula is C35H37NO5. The molecule has 41 heavy (non-hydrogen) atoms. The van der Waals surface area contributed by atoms with Crippen LogP contribution in [0.1, 0.15) is 74.8 Å². The van der Waals surface area contributed by atoms with Crippen molar-refractivity contribution < 1.29 is 23.8 Å². The highest BCUT2D eigenvalue weighted by Gasteiger charge is 2.42. The van der Waals surface area contributed by atoms with Crippen LogP contribution in [0.2, 0.25) is 0 Å². The minimum atomic E-state index is -0.493. The third-order valence-electron chi connectivity index (χ3n) is 8.89. The van der Waals surface area contributed by atoms with Crippen molar-refractivity contribution in [1.29, 1.82) is 0 Å². The van der Waals surface area contributed by atoms with Crippen LogP contribution in [-0.4, -0.2) is 32.1 Å². The molecule has 0 amide bonds. The van der Waals surface area contributed by atoms with Crippen molar-refractivity contribution >= 4 is 22.5 Å². The van der Waals surface area contributed by atoms with E-state index < -0.39 is 5.92 Å². The Morgan fingerprint density at radius 2 is 1.63 bits per heavy atom. The Hall–Kier alpha value is -4.06. The van der Waals surface area contributed by atoms with Crippen molar-refractivity contribution in [2.24, 2.45) is 0 Å². The summed E-state index contributed by atoms with van der Waals surface area (Å²) in [5.74, 6) is 0.516. The zero-order valence-electron chi connectivity index (χ0n) is 24.0. The average molecular weight is 552 g/mol. The first-order valence-corrected chi connectivity index (χ1v) is 14.6. The molecule has 0 radical (unpaired) electrons. The minimum absolute atomic E-state index is 0.0229. The third-order valence-corrected chi connectivity index (χ3v) is 8.89. The molecule has 3 aromatic rings. The van der Waals surface area contributed by atoms with Gasteiger partial charge in [-0.3, -0.25) is 4.79 Å². The lowest BCUT2D eigenvalue weighted by Gasteiger charge is -2.37. The maximum absolute atomic E-state index is 14.1. The summed E-state index contributed by atoms with van der Waals surface area (Å²) in [6.45, 7) is 1.93. The Balaban J connectivity index is 1.43. The smallest absolute Gasteiger partial charge is 0.337 e. The van der Waals surface area contributed by atoms with E-state index in [-0.39, 0.29) is 23.8 Å². The van der Waals surface area contributed by atoms with Gasteiger partial charge in [-0.2, -0.15) is 0 Å². The van der Waals surface area contributed by atoms with E-state index in [4.69, 9.17) is 14.2 Å². The lowest BCUT2D eigenvalue weighted by molar-refractivity contribution is -0.146. The fourth-order valence-corrected chi connectivity index (χ4v) is 6.86. The number of nitrogens with one attached hydrogen (secondary N) is 1. The molecule has 6 nitrogen and oxygen atoms in total. The van der Waals surface area contributed by atoms with E-state index in [9.17, 15) is 9.59 Å². The molecule has 1 N–H and O–H groups in total. The van der Waals surface area contributed by atoms with Crippen molar-refractivity contribution in [3.05, 3.63) is 94.3 Å². The number of ether oxygens (including phenoxy) is 3. The van der Waals surface area contributed by atoms with E-state index in [1.807, 2.05) is 43.3 Å². The van der Waals surface area contributed by atoms with Gasteiger partial charge in [0.25, 0.3) is 0 Å².